The third-order valence-electron chi connectivity index (χ3n) is 2.83. The number of carbonyl (C=O) groups is 1. The van der Waals surface area contributed by atoms with E-state index in [1.54, 1.807) is 13.2 Å². The van der Waals surface area contributed by atoms with Crippen LogP contribution in [0.25, 0.3) is 0 Å². The molecule has 0 radical (unpaired) electrons. The average molecular weight is 331 g/mol. The molecule has 7 nitrogen and oxygen atoms in total. The van der Waals surface area contributed by atoms with E-state index >= 15 is 0 Å². The van der Waals surface area contributed by atoms with Crippen LogP contribution < -0.4 is 15.0 Å². The molecule has 1 aromatic rings. The number of anilines is 1. The standard InChI is InChI=1S/C11H15BrN4O3/c1-13-9(17)8-6-19-4-3-16(8)11-14-5-7(12)10(15-11)18-2/h5,8H,3-4,6H2,1-2H3,(H,13,17). The van der Waals surface area contributed by atoms with E-state index < -0.39 is 6.04 Å². The van der Waals surface area contributed by atoms with Crippen LogP contribution in [0.15, 0.2) is 10.7 Å². The summed E-state index contributed by atoms with van der Waals surface area (Å²) in [6.45, 7) is 1.42. The highest BCUT2D eigenvalue weighted by atomic mass is 79.9. The lowest BCUT2D eigenvalue weighted by Crippen LogP contribution is -2.54. The smallest absolute Gasteiger partial charge is 0.244 e. The van der Waals surface area contributed by atoms with Gasteiger partial charge in [-0.3, -0.25) is 4.79 Å². The Morgan fingerprint density at radius 2 is 2.47 bits per heavy atom. The van der Waals surface area contributed by atoms with Crippen molar-refractivity contribution in [3.05, 3.63) is 10.7 Å². The molecule has 1 aromatic heterocycles. The van der Waals surface area contributed by atoms with Gasteiger partial charge in [-0.2, -0.15) is 4.98 Å². The molecule has 1 amide bonds. The van der Waals surface area contributed by atoms with Crippen LogP contribution in [0, 0.1) is 0 Å². The summed E-state index contributed by atoms with van der Waals surface area (Å²) in [4.78, 5) is 22.2. The summed E-state index contributed by atoms with van der Waals surface area (Å²) in [5, 5.41) is 2.62. The van der Waals surface area contributed by atoms with E-state index in [2.05, 4.69) is 31.2 Å². The van der Waals surface area contributed by atoms with E-state index in [1.807, 2.05) is 4.90 Å². The van der Waals surface area contributed by atoms with Gasteiger partial charge in [0, 0.05) is 13.6 Å². The number of rotatable bonds is 3. The summed E-state index contributed by atoms with van der Waals surface area (Å²) < 4.78 is 11.2. The first-order valence-corrected chi connectivity index (χ1v) is 6.59. The van der Waals surface area contributed by atoms with Crippen molar-refractivity contribution in [1.82, 2.24) is 15.3 Å². The molecule has 104 valence electrons. The van der Waals surface area contributed by atoms with E-state index in [9.17, 15) is 4.79 Å². The molecule has 2 rings (SSSR count). The SMILES string of the molecule is CNC(=O)C1COCCN1c1ncc(Br)c(OC)n1. The van der Waals surface area contributed by atoms with Crippen LogP contribution in [-0.2, 0) is 9.53 Å². The lowest BCUT2D eigenvalue weighted by molar-refractivity contribution is -0.124. The van der Waals surface area contributed by atoms with Crippen molar-refractivity contribution in [1.29, 1.82) is 0 Å². The number of ether oxygens (including phenoxy) is 2. The number of hydrogen-bond donors (Lipinski definition) is 1. The molecule has 0 aliphatic carbocycles. The number of aromatic nitrogens is 2. The molecule has 0 aromatic carbocycles. The van der Waals surface area contributed by atoms with Gasteiger partial charge in [-0.25, -0.2) is 4.98 Å². The van der Waals surface area contributed by atoms with Gasteiger partial charge in [0.05, 0.1) is 31.0 Å². The summed E-state index contributed by atoms with van der Waals surface area (Å²) in [7, 11) is 3.13. The van der Waals surface area contributed by atoms with Gasteiger partial charge < -0.3 is 19.7 Å². The zero-order chi connectivity index (χ0) is 13.8. The number of morpholine rings is 1. The fourth-order valence-electron chi connectivity index (χ4n) is 1.85. The number of likely N-dealkylation sites (N-methyl/N-ethyl adjacent to an activating group) is 1. The van der Waals surface area contributed by atoms with Gasteiger partial charge in [-0.1, -0.05) is 0 Å². The van der Waals surface area contributed by atoms with Crippen molar-refractivity contribution in [2.45, 2.75) is 6.04 Å². The molecule has 0 bridgehead atoms. The Balaban J connectivity index is 2.29. The quantitative estimate of drug-likeness (QED) is 0.853. The predicted octanol–water partition coefficient (Wildman–Crippen LogP) is 0.199. The summed E-state index contributed by atoms with van der Waals surface area (Å²) in [6, 6.07) is -0.426. The van der Waals surface area contributed by atoms with Crippen molar-refractivity contribution in [2.75, 3.05) is 38.8 Å². The van der Waals surface area contributed by atoms with Crippen LogP contribution in [0.5, 0.6) is 5.88 Å². The molecule has 1 aliphatic heterocycles. The minimum atomic E-state index is -0.426. The second kappa shape index (κ2) is 6.16. The zero-order valence-corrected chi connectivity index (χ0v) is 12.3. The highest BCUT2D eigenvalue weighted by Crippen LogP contribution is 2.25. The molecule has 1 aliphatic rings. The van der Waals surface area contributed by atoms with Crippen molar-refractivity contribution >= 4 is 27.8 Å². The normalized spacial score (nSPS) is 19.1. The Hall–Kier alpha value is -1.41. The zero-order valence-electron chi connectivity index (χ0n) is 10.7. The van der Waals surface area contributed by atoms with E-state index in [4.69, 9.17) is 9.47 Å². The second-order valence-corrected chi connectivity index (χ2v) is 4.78. The van der Waals surface area contributed by atoms with Crippen LogP contribution in [-0.4, -0.2) is 55.8 Å². The van der Waals surface area contributed by atoms with E-state index in [-0.39, 0.29) is 5.91 Å². The second-order valence-electron chi connectivity index (χ2n) is 3.93. The number of halogens is 1. The third-order valence-corrected chi connectivity index (χ3v) is 3.37. The maximum atomic E-state index is 11.8. The lowest BCUT2D eigenvalue weighted by atomic mass is 10.2. The molecule has 0 saturated carbocycles. The highest BCUT2D eigenvalue weighted by Gasteiger charge is 2.31. The monoisotopic (exact) mass is 330 g/mol. The van der Waals surface area contributed by atoms with Gasteiger partial charge in [0.1, 0.15) is 6.04 Å². The maximum absolute atomic E-state index is 11.8. The minimum absolute atomic E-state index is 0.120. The number of amides is 1. The van der Waals surface area contributed by atoms with E-state index in [1.165, 1.54) is 7.11 Å². The molecule has 1 saturated heterocycles. The van der Waals surface area contributed by atoms with Gasteiger partial charge in [-0.15, -0.1) is 0 Å². The molecule has 1 atom stereocenters. The maximum Gasteiger partial charge on any atom is 0.244 e. The number of carbonyl (C=O) groups excluding carboxylic acids is 1. The van der Waals surface area contributed by atoms with Gasteiger partial charge in [0.15, 0.2) is 0 Å². The molecule has 1 N–H and O–H groups in total. The van der Waals surface area contributed by atoms with Gasteiger partial charge in [0.2, 0.25) is 17.7 Å². The summed E-state index contributed by atoms with van der Waals surface area (Å²) in [6.07, 6.45) is 1.61. The van der Waals surface area contributed by atoms with Gasteiger partial charge in [-0.05, 0) is 15.9 Å². The first kappa shape index (κ1) is 14.0. The molecule has 2 heterocycles. The minimum Gasteiger partial charge on any atom is -0.480 e. The Labute approximate surface area is 119 Å². The predicted molar refractivity (Wildman–Crippen MR) is 72.3 cm³/mol. The lowest BCUT2D eigenvalue weighted by Gasteiger charge is -2.34. The van der Waals surface area contributed by atoms with E-state index in [0.717, 1.165) is 0 Å². The average Bonchev–Trinajstić information content (AvgIpc) is 2.47. The van der Waals surface area contributed by atoms with Crippen molar-refractivity contribution in [2.24, 2.45) is 0 Å². The number of methoxy groups -OCH3 is 1. The number of nitrogens with one attached hydrogen (secondary N) is 1. The fourth-order valence-corrected chi connectivity index (χ4v) is 2.20. The van der Waals surface area contributed by atoms with Crippen molar-refractivity contribution in [3.8, 4) is 5.88 Å². The van der Waals surface area contributed by atoms with Gasteiger partial charge >= 0.3 is 0 Å². The molecule has 1 unspecified atom stereocenters. The Bertz CT molecular complexity index is 471. The summed E-state index contributed by atoms with van der Waals surface area (Å²) >= 11 is 3.30. The van der Waals surface area contributed by atoms with Crippen LogP contribution in [0.3, 0.4) is 0 Å². The van der Waals surface area contributed by atoms with Crippen molar-refractivity contribution < 1.29 is 14.3 Å². The topological polar surface area (TPSA) is 76.6 Å². The number of hydrogen-bond acceptors (Lipinski definition) is 6. The largest absolute Gasteiger partial charge is 0.480 e. The fraction of sp³-hybridized carbons (Fsp3) is 0.545. The Morgan fingerprint density at radius 3 is 3.16 bits per heavy atom. The Morgan fingerprint density at radius 1 is 1.68 bits per heavy atom. The molecule has 0 spiro atoms. The van der Waals surface area contributed by atoms with Crippen LogP contribution >= 0.6 is 15.9 Å². The van der Waals surface area contributed by atoms with Crippen LogP contribution in [0.2, 0.25) is 0 Å². The molecule has 1 fully saturated rings. The molecule has 8 heteroatoms. The highest BCUT2D eigenvalue weighted by molar-refractivity contribution is 9.10. The summed E-state index contributed by atoms with van der Waals surface area (Å²) in [5.74, 6) is 0.772. The van der Waals surface area contributed by atoms with Crippen molar-refractivity contribution in [3.63, 3.8) is 0 Å². The molecular formula is C11H15BrN4O3. The molecular weight excluding hydrogens is 316 g/mol. The Kier molecular flexibility index (Phi) is 4.54. The van der Waals surface area contributed by atoms with E-state index in [0.29, 0.717) is 36.1 Å². The third kappa shape index (κ3) is 2.95. The van der Waals surface area contributed by atoms with Crippen LogP contribution in [0.4, 0.5) is 5.95 Å². The van der Waals surface area contributed by atoms with Crippen LogP contribution in [0.1, 0.15) is 0 Å². The number of nitrogens with zero attached hydrogens (tertiary/aromatic N) is 3. The summed E-state index contributed by atoms with van der Waals surface area (Å²) in [5.41, 5.74) is 0. The molecule has 19 heavy (non-hydrogen) atoms. The first-order chi connectivity index (χ1) is 9.17. The first-order valence-electron chi connectivity index (χ1n) is 5.80. The van der Waals surface area contributed by atoms with Gasteiger partial charge in [0.25, 0.3) is 0 Å².